The summed E-state index contributed by atoms with van der Waals surface area (Å²) in [6.07, 6.45) is 12.4. The highest BCUT2D eigenvalue weighted by atomic mass is 14.3. The van der Waals surface area contributed by atoms with Crippen molar-refractivity contribution < 1.29 is 0 Å². The third-order valence-corrected chi connectivity index (χ3v) is 3.43. The summed E-state index contributed by atoms with van der Waals surface area (Å²) in [5.41, 5.74) is -0.0542. The molecule has 0 heterocycles. The highest BCUT2D eigenvalue weighted by molar-refractivity contribution is 4.95. The summed E-state index contributed by atoms with van der Waals surface area (Å²) in [6, 6.07) is 2.53. The van der Waals surface area contributed by atoms with Crippen molar-refractivity contribution in [2.75, 3.05) is 0 Å². The van der Waals surface area contributed by atoms with Crippen LogP contribution in [0.25, 0.3) is 0 Å². The van der Waals surface area contributed by atoms with Crippen LogP contribution in [0, 0.1) is 16.7 Å². The second-order valence-electron chi connectivity index (χ2n) is 5.29. The molecule has 0 rings (SSSR count). The first-order valence-corrected chi connectivity index (χ1v) is 7.09. The zero-order valence-electron chi connectivity index (χ0n) is 11.5. The predicted octanol–water partition coefficient (Wildman–Crippen LogP) is 5.46. The SMILES string of the molecule is CCCCCCCC(C)(C#N)CCCCC. The average molecular weight is 223 g/mol. The van der Waals surface area contributed by atoms with Crippen LogP contribution in [0.1, 0.15) is 85.0 Å². The molecule has 0 fully saturated rings. The van der Waals surface area contributed by atoms with Gasteiger partial charge in [-0.2, -0.15) is 5.26 Å². The number of unbranched alkanes of at least 4 members (excludes halogenated alkanes) is 6. The lowest BCUT2D eigenvalue weighted by atomic mass is 9.81. The average Bonchev–Trinajstić information content (AvgIpc) is 2.29. The number of hydrogen-bond acceptors (Lipinski definition) is 1. The minimum atomic E-state index is -0.0542. The van der Waals surface area contributed by atoms with Gasteiger partial charge >= 0.3 is 0 Å². The van der Waals surface area contributed by atoms with E-state index in [2.05, 4.69) is 26.8 Å². The fourth-order valence-corrected chi connectivity index (χ4v) is 2.12. The highest BCUT2D eigenvalue weighted by Crippen LogP contribution is 2.30. The summed E-state index contributed by atoms with van der Waals surface area (Å²) in [7, 11) is 0. The van der Waals surface area contributed by atoms with Crippen LogP contribution in [0.15, 0.2) is 0 Å². The van der Waals surface area contributed by atoms with E-state index in [0.717, 1.165) is 12.8 Å². The van der Waals surface area contributed by atoms with E-state index < -0.39 is 0 Å². The Morgan fingerprint density at radius 2 is 1.25 bits per heavy atom. The van der Waals surface area contributed by atoms with Crippen molar-refractivity contribution >= 4 is 0 Å². The Morgan fingerprint density at radius 1 is 0.812 bits per heavy atom. The first kappa shape index (κ1) is 15.5. The van der Waals surface area contributed by atoms with Crippen LogP contribution < -0.4 is 0 Å². The molecule has 0 aliphatic rings. The summed E-state index contributed by atoms with van der Waals surface area (Å²) >= 11 is 0. The van der Waals surface area contributed by atoms with E-state index in [-0.39, 0.29) is 5.41 Å². The van der Waals surface area contributed by atoms with Crippen LogP contribution in [0.3, 0.4) is 0 Å². The topological polar surface area (TPSA) is 23.8 Å². The Bertz CT molecular complexity index is 192. The molecule has 0 aromatic heterocycles. The lowest BCUT2D eigenvalue weighted by Gasteiger charge is -2.21. The van der Waals surface area contributed by atoms with Crippen molar-refractivity contribution in [1.29, 1.82) is 5.26 Å². The molecule has 1 heteroatoms. The van der Waals surface area contributed by atoms with E-state index in [1.807, 2.05) is 0 Å². The first-order chi connectivity index (χ1) is 7.68. The quantitative estimate of drug-likeness (QED) is 0.451. The van der Waals surface area contributed by atoms with Crippen molar-refractivity contribution in [2.24, 2.45) is 5.41 Å². The van der Waals surface area contributed by atoms with Gasteiger partial charge in [0.2, 0.25) is 0 Å². The van der Waals surface area contributed by atoms with E-state index in [9.17, 15) is 5.26 Å². The van der Waals surface area contributed by atoms with E-state index in [1.54, 1.807) is 0 Å². The zero-order valence-corrected chi connectivity index (χ0v) is 11.5. The second kappa shape index (κ2) is 9.70. The molecular formula is C15H29N. The third kappa shape index (κ3) is 7.74. The lowest BCUT2D eigenvalue weighted by molar-refractivity contribution is 0.340. The van der Waals surface area contributed by atoms with Gasteiger partial charge in [0.25, 0.3) is 0 Å². The molecule has 0 saturated carbocycles. The summed E-state index contributed by atoms with van der Waals surface area (Å²) in [5, 5.41) is 9.24. The van der Waals surface area contributed by atoms with Crippen molar-refractivity contribution in [2.45, 2.75) is 85.0 Å². The van der Waals surface area contributed by atoms with Crippen LogP contribution in [-0.2, 0) is 0 Å². The monoisotopic (exact) mass is 223 g/mol. The molecule has 1 nitrogen and oxygen atoms in total. The fraction of sp³-hybridized carbons (Fsp3) is 0.933. The van der Waals surface area contributed by atoms with Crippen LogP contribution in [0.2, 0.25) is 0 Å². The van der Waals surface area contributed by atoms with Gasteiger partial charge < -0.3 is 0 Å². The molecule has 0 amide bonds. The molecule has 0 aromatic rings. The largest absolute Gasteiger partial charge is 0.198 e. The van der Waals surface area contributed by atoms with Crippen molar-refractivity contribution in [3.63, 3.8) is 0 Å². The molecule has 0 spiro atoms. The molecule has 0 aromatic carbocycles. The maximum atomic E-state index is 9.24. The summed E-state index contributed by atoms with van der Waals surface area (Å²) in [4.78, 5) is 0. The van der Waals surface area contributed by atoms with Gasteiger partial charge in [-0.1, -0.05) is 65.2 Å². The summed E-state index contributed by atoms with van der Waals surface area (Å²) in [6.45, 7) is 6.60. The minimum Gasteiger partial charge on any atom is -0.198 e. The Labute approximate surface area is 102 Å². The predicted molar refractivity (Wildman–Crippen MR) is 71.2 cm³/mol. The second-order valence-corrected chi connectivity index (χ2v) is 5.29. The molecule has 1 unspecified atom stereocenters. The van der Waals surface area contributed by atoms with Gasteiger partial charge in [-0.05, 0) is 19.8 Å². The first-order valence-electron chi connectivity index (χ1n) is 7.09. The minimum absolute atomic E-state index is 0.0542. The smallest absolute Gasteiger partial charge is 0.0686 e. The molecule has 0 N–H and O–H groups in total. The Kier molecular flexibility index (Phi) is 9.39. The van der Waals surface area contributed by atoms with E-state index >= 15 is 0 Å². The number of nitriles is 1. The standard InChI is InChI=1S/C15H29N/c1-4-6-8-9-11-13-15(3,14-16)12-10-7-5-2/h4-13H2,1-3H3. The van der Waals surface area contributed by atoms with Crippen LogP contribution in [0.4, 0.5) is 0 Å². The molecule has 1 atom stereocenters. The summed E-state index contributed by atoms with van der Waals surface area (Å²) in [5.74, 6) is 0. The van der Waals surface area contributed by atoms with Gasteiger partial charge in [0.05, 0.1) is 11.5 Å². The Balaban J connectivity index is 3.67. The van der Waals surface area contributed by atoms with Gasteiger partial charge in [-0.25, -0.2) is 0 Å². The highest BCUT2D eigenvalue weighted by Gasteiger charge is 2.22. The van der Waals surface area contributed by atoms with Crippen molar-refractivity contribution in [1.82, 2.24) is 0 Å². The Hall–Kier alpha value is -0.510. The summed E-state index contributed by atoms with van der Waals surface area (Å²) < 4.78 is 0. The molecule has 0 saturated heterocycles. The number of nitrogens with zero attached hydrogens (tertiary/aromatic N) is 1. The van der Waals surface area contributed by atoms with Gasteiger partial charge in [0, 0.05) is 0 Å². The fourth-order valence-electron chi connectivity index (χ4n) is 2.12. The normalized spacial score (nSPS) is 14.4. The third-order valence-electron chi connectivity index (χ3n) is 3.43. The molecule has 16 heavy (non-hydrogen) atoms. The number of hydrogen-bond donors (Lipinski definition) is 0. The number of rotatable bonds is 10. The van der Waals surface area contributed by atoms with Crippen LogP contribution >= 0.6 is 0 Å². The van der Waals surface area contributed by atoms with Crippen LogP contribution in [-0.4, -0.2) is 0 Å². The van der Waals surface area contributed by atoms with Crippen molar-refractivity contribution in [3.05, 3.63) is 0 Å². The molecule has 0 aliphatic carbocycles. The zero-order chi connectivity index (χ0) is 12.3. The molecule has 0 aliphatic heterocycles. The maximum Gasteiger partial charge on any atom is 0.0686 e. The lowest BCUT2D eigenvalue weighted by Crippen LogP contribution is -2.13. The maximum absolute atomic E-state index is 9.24. The van der Waals surface area contributed by atoms with Crippen LogP contribution in [0.5, 0.6) is 0 Å². The van der Waals surface area contributed by atoms with Crippen molar-refractivity contribution in [3.8, 4) is 6.07 Å². The molecule has 94 valence electrons. The van der Waals surface area contributed by atoms with Gasteiger partial charge in [0.15, 0.2) is 0 Å². The van der Waals surface area contributed by atoms with E-state index in [4.69, 9.17) is 0 Å². The van der Waals surface area contributed by atoms with Gasteiger partial charge in [-0.3, -0.25) is 0 Å². The molecule has 0 radical (unpaired) electrons. The van der Waals surface area contributed by atoms with E-state index in [1.165, 1.54) is 51.4 Å². The van der Waals surface area contributed by atoms with E-state index in [0.29, 0.717) is 0 Å². The van der Waals surface area contributed by atoms with Gasteiger partial charge in [0.1, 0.15) is 0 Å². The molecule has 0 bridgehead atoms. The Morgan fingerprint density at radius 3 is 1.75 bits per heavy atom. The van der Waals surface area contributed by atoms with Gasteiger partial charge in [-0.15, -0.1) is 0 Å². The molecular weight excluding hydrogens is 194 g/mol.